The van der Waals surface area contributed by atoms with E-state index in [0.717, 1.165) is 55.5 Å². The Labute approximate surface area is 156 Å². The molecule has 2 aromatic rings. The van der Waals surface area contributed by atoms with Gasteiger partial charge in [-0.05, 0) is 49.2 Å². The molecule has 1 saturated heterocycles. The molecule has 0 aliphatic carbocycles. The van der Waals surface area contributed by atoms with E-state index in [1.165, 1.54) is 11.3 Å². The number of benzene rings is 2. The van der Waals surface area contributed by atoms with Gasteiger partial charge in [0.2, 0.25) is 0 Å². The lowest BCUT2D eigenvalue weighted by Crippen LogP contribution is -2.48. The quantitative estimate of drug-likeness (QED) is 0.744. The monoisotopic (exact) mass is 354 g/mol. The van der Waals surface area contributed by atoms with Crippen molar-refractivity contribution in [2.24, 2.45) is 0 Å². The molecule has 25 heavy (non-hydrogen) atoms. The maximum atomic E-state index is 5.72. The third-order valence-electron chi connectivity index (χ3n) is 4.60. The molecular weight excluding hydrogens is 328 g/mol. The van der Waals surface area contributed by atoms with Gasteiger partial charge in [-0.2, -0.15) is 0 Å². The average molecular weight is 355 g/mol. The van der Waals surface area contributed by atoms with E-state index in [2.05, 4.69) is 60.0 Å². The molecule has 0 bridgehead atoms. The van der Waals surface area contributed by atoms with Crippen LogP contribution < -0.4 is 9.64 Å². The van der Waals surface area contributed by atoms with Crippen LogP contribution in [0.5, 0.6) is 5.75 Å². The minimum atomic E-state index is 0.755. The maximum absolute atomic E-state index is 5.72. The first kappa shape index (κ1) is 17.7. The van der Waals surface area contributed by atoms with E-state index in [4.69, 9.17) is 17.0 Å². The zero-order valence-corrected chi connectivity index (χ0v) is 15.9. The molecule has 1 aliphatic heterocycles. The number of thiocarbonyl (C=S) groups is 1. The normalized spacial score (nSPS) is 14.5. The van der Waals surface area contributed by atoms with Crippen LogP contribution in [-0.4, -0.2) is 42.7 Å². The highest BCUT2D eigenvalue weighted by atomic mass is 32.1. The SMILES string of the molecule is CCCOc1ccc(C(=S)N2CCN(c3ccccc3C)CC2)cc1. The van der Waals surface area contributed by atoms with Gasteiger partial charge in [0, 0.05) is 37.4 Å². The molecule has 132 valence electrons. The van der Waals surface area contributed by atoms with Gasteiger partial charge in [-0.15, -0.1) is 0 Å². The number of nitrogens with zero attached hydrogens (tertiary/aromatic N) is 2. The zero-order valence-electron chi connectivity index (χ0n) is 15.1. The molecule has 0 N–H and O–H groups in total. The molecule has 1 heterocycles. The molecule has 1 aliphatic rings. The number of hydrogen-bond donors (Lipinski definition) is 0. The summed E-state index contributed by atoms with van der Waals surface area (Å²) >= 11 is 5.72. The number of ether oxygens (including phenoxy) is 1. The summed E-state index contributed by atoms with van der Waals surface area (Å²) in [6.07, 6.45) is 1.02. The maximum Gasteiger partial charge on any atom is 0.119 e. The van der Waals surface area contributed by atoms with Crippen LogP contribution in [0.15, 0.2) is 48.5 Å². The second-order valence-electron chi connectivity index (χ2n) is 6.44. The molecule has 0 atom stereocenters. The minimum absolute atomic E-state index is 0.755. The van der Waals surface area contributed by atoms with E-state index in [0.29, 0.717) is 0 Å². The third-order valence-corrected chi connectivity index (χ3v) is 5.09. The molecule has 0 radical (unpaired) electrons. The van der Waals surface area contributed by atoms with Gasteiger partial charge in [-0.1, -0.05) is 37.3 Å². The van der Waals surface area contributed by atoms with Crippen molar-refractivity contribution in [1.29, 1.82) is 0 Å². The van der Waals surface area contributed by atoms with Gasteiger partial charge in [0.1, 0.15) is 10.7 Å². The summed E-state index contributed by atoms with van der Waals surface area (Å²) in [4.78, 5) is 5.70. The van der Waals surface area contributed by atoms with Crippen LogP contribution in [0.4, 0.5) is 5.69 Å². The zero-order chi connectivity index (χ0) is 17.6. The van der Waals surface area contributed by atoms with Crippen LogP contribution in [0.3, 0.4) is 0 Å². The predicted octanol–water partition coefficient (Wildman–Crippen LogP) is 4.28. The van der Waals surface area contributed by atoms with Crippen molar-refractivity contribution in [3.05, 3.63) is 59.7 Å². The van der Waals surface area contributed by atoms with Crippen molar-refractivity contribution in [3.63, 3.8) is 0 Å². The fourth-order valence-corrected chi connectivity index (χ4v) is 3.48. The van der Waals surface area contributed by atoms with Crippen molar-refractivity contribution in [3.8, 4) is 5.75 Å². The van der Waals surface area contributed by atoms with E-state index in [1.807, 2.05) is 12.1 Å². The second kappa shape index (κ2) is 8.34. The van der Waals surface area contributed by atoms with Crippen LogP contribution >= 0.6 is 12.2 Å². The smallest absolute Gasteiger partial charge is 0.119 e. The van der Waals surface area contributed by atoms with Gasteiger partial charge in [0.05, 0.1) is 6.61 Å². The summed E-state index contributed by atoms with van der Waals surface area (Å²) in [7, 11) is 0. The van der Waals surface area contributed by atoms with E-state index in [1.54, 1.807) is 0 Å². The summed E-state index contributed by atoms with van der Waals surface area (Å²) in [6, 6.07) is 16.8. The Hall–Kier alpha value is -2.07. The highest BCUT2D eigenvalue weighted by Crippen LogP contribution is 2.22. The lowest BCUT2D eigenvalue weighted by Gasteiger charge is -2.38. The van der Waals surface area contributed by atoms with Crippen molar-refractivity contribution < 1.29 is 4.74 Å². The Balaban J connectivity index is 1.59. The van der Waals surface area contributed by atoms with Gasteiger partial charge in [-0.25, -0.2) is 0 Å². The number of anilines is 1. The van der Waals surface area contributed by atoms with Crippen LogP contribution in [0.2, 0.25) is 0 Å². The Morgan fingerprint density at radius 1 is 1.00 bits per heavy atom. The summed E-state index contributed by atoms with van der Waals surface area (Å²) < 4.78 is 5.65. The first-order valence-corrected chi connectivity index (χ1v) is 9.42. The van der Waals surface area contributed by atoms with E-state index in [-0.39, 0.29) is 0 Å². The summed E-state index contributed by atoms with van der Waals surface area (Å²) in [5.41, 5.74) is 3.77. The van der Waals surface area contributed by atoms with Gasteiger partial charge in [0.25, 0.3) is 0 Å². The summed E-state index contributed by atoms with van der Waals surface area (Å²) in [6.45, 7) is 8.97. The van der Waals surface area contributed by atoms with Crippen LogP contribution in [0, 0.1) is 6.92 Å². The standard InChI is InChI=1S/C21H26N2OS/c1-3-16-24-19-10-8-18(9-11-19)21(25)23-14-12-22(13-15-23)20-7-5-4-6-17(20)2/h4-11H,3,12-16H2,1-2H3. The Kier molecular flexibility index (Phi) is 5.92. The summed E-state index contributed by atoms with van der Waals surface area (Å²) in [5.74, 6) is 0.915. The molecule has 0 spiro atoms. The first-order valence-electron chi connectivity index (χ1n) is 9.01. The van der Waals surface area contributed by atoms with Crippen LogP contribution in [-0.2, 0) is 0 Å². The largest absolute Gasteiger partial charge is 0.494 e. The van der Waals surface area contributed by atoms with Crippen molar-refractivity contribution in [1.82, 2.24) is 4.90 Å². The molecule has 0 amide bonds. The van der Waals surface area contributed by atoms with Gasteiger partial charge >= 0.3 is 0 Å². The predicted molar refractivity (Wildman–Crippen MR) is 109 cm³/mol. The number of aryl methyl sites for hydroxylation is 1. The molecule has 0 unspecified atom stereocenters. The molecule has 4 heteroatoms. The fourth-order valence-electron chi connectivity index (χ4n) is 3.16. The van der Waals surface area contributed by atoms with Crippen LogP contribution in [0.1, 0.15) is 24.5 Å². The van der Waals surface area contributed by atoms with Crippen molar-refractivity contribution in [2.45, 2.75) is 20.3 Å². The van der Waals surface area contributed by atoms with Gasteiger partial charge in [-0.3, -0.25) is 0 Å². The lowest BCUT2D eigenvalue weighted by molar-refractivity contribution is 0.317. The Morgan fingerprint density at radius 3 is 2.32 bits per heavy atom. The average Bonchev–Trinajstić information content (AvgIpc) is 2.67. The third kappa shape index (κ3) is 4.31. The number of rotatable bonds is 5. The van der Waals surface area contributed by atoms with Crippen LogP contribution in [0.25, 0.3) is 0 Å². The Morgan fingerprint density at radius 2 is 1.68 bits per heavy atom. The molecule has 2 aromatic carbocycles. The van der Waals surface area contributed by atoms with Crippen molar-refractivity contribution >= 4 is 22.9 Å². The highest BCUT2D eigenvalue weighted by molar-refractivity contribution is 7.80. The van der Waals surface area contributed by atoms with Gasteiger partial charge in [0.15, 0.2) is 0 Å². The molecule has 3 rings (SSSR count). The van der Waals surface area contributed by atoms with E-state index in [9.17, 15) is 0 Å². The topological polar surface area (TPSA) is 15.7 Å². The highest BCUT2D eigenvalue weighted by Gasteiger charge is 2.20. The second-order valence-corrected chi connectivity index (χ2v) is 6.83. The molecule has 0 saturated carbocycles. The minimum Gasteiger partial charge on any atom is -0.494 e. The Bertz CT molecular complexity index is 706. The van der Waals surface area contributed by atoms with Crippen molar-refractivity contribution in [2.75, 3.05) is 37.7 Å². The molecule has 3 nitrogen and oxygen atoms in total. The van der Waals surface area contributed by atoms with Gasteiger partial charge < -0.3 is 14.5 Å². The van der Waals surface area contributed by atoms with E-state index >= 15 is 0 Å². The molecular formula is C21H26N2OS. The van der Waals surface area contributed by atoms with E-state index < -0.39 is 0 Å². The number of para-hydroxylation sites is 1. The fraction of sp³-hybridized carbons (Fsp3) is 0.381. The summed E-state index contributed by atoms with van der Waals surface area (Å²) in [5, 5.41) is 0. The molecule has 1 fully saturated rings. The number of hydrogen-bond acceptors (Lipinski definition) is 3. The lowest BCUT2D eigenvalue weighted by atomic mass is 10.1. The first-order chi connectivity index (χ1) is 12.2. The molecule has 0 aromatic heterocycles. The number of piperazine rings is 1.